The van der Waals surface area contributed by atoms with Crippen molar-refractivity contribution in [3.05, 3.63) is 22.7 Å². The van der Waals surface area contributed by atoms with Crippen LogP contribution in [-0.4, -0.2) is 7.11 Å². The minimum absolute atomic E-state index is 0.179. The second-order valence-electron chi connectivity index (χ2n) is 1.87. The maximum absolute atomic E-state index is 12.2. The van der Waals surface area contributed by atoms with Gasteiger partial charge in [-0.15, -0.1) is 0 Å². The number of ether oxygens (including phenoxy) is 1. The highest BCUT2D eigenvalue weighted by Gasteiger charge is 2.02. The zero-order valence-corrected chi connectivity index (χ0v) is 8.21. The van der Waals surface area contributed by atoms with E-state index in [-0.39, 0.29) is 12.1 Å². The summed E-state index contributed by atoms with van der Waals surface area (Å²) in [6.07, 6.45) is 0. The highest BCUT2D eigenvalue weighted by Crippen LogP contribution is 2.32. The lowest BCUT2D eigenvalue weighted by molar-refractivity contribution is 0.404. The summed E-state index contributed by atoms with van der Waals surface area (Å²) >= 11 is 3.41. The molecular formula is C7H6BrFOS. The lowest BCUT2D eigenvalue weighted by Crippen LogP contribution is -1.84. The normalized spacial score (nSPS) is 9.73. The molecule has 4 heteroatoms. The molecule has 0 saturated heterocycles. The maximum atomic E-state index is 12.2. The first-order valence-electron chi connectivity index (χ1n) is 2.90. The molecule has 1 rings (SSSR count). The van der Waals surface area contributed by atoms with E-state index in [4.69, 9.17) is 4.74 Å². The summed E-state index contributed by atoms with van der Waals surface area (Å²) in [6.45, 7) is 0. The Balaban J connectivity index is 3.06. The lowest BCUT2D eigenvalue weighted by atomic mass is 10.3. The van der Waals surface area contributed by atoms with Gasteiger partial charge in [-0.1, -0.05) is 15.9 Å². The van der Waals surface area contributed by atoms with Crippen LogP contribution in [0.5, 0.6) is 5.75 Å². The third-order valence-electron chi connectivity index (χ3n) is 1.21. The molecule has 11 heavy (non-hydrogen) atoms. The molecule has 1 aromatic carbocycles. The van der Waals surface area contributed by atoms with E-state index < -0.39 is 0 Å². The smallest absolute Gasteiger partial charge is 0.135 e. The van der Waals surface area contributed by atoms with E-state index in [0.717, 1.165) is 4.47 Å². The number of rotatable bonds is 2. The summed E-state index contributed by atoms with van der Waals surface area (Å²) in [5.74, 6) is 0.556. The van der Waals surface area contributed by atoms with Crippen molar-refractivity contribution in [3.8, 4) is 5.75 Å². The van der Waals surface area contributed by atoms with Gasteiger partial charge in [0.2, 0.25) is 0 Å². The van der Waals surface area contributed by atoms with E-state index in [1.165, 1.54) is 7.11 Å². The Morgan fingerprint density at radius 3 is 2.82 bits per heavy atom. The molecule has 0 radical (unpaired) electrons. The topological polar surface area (TPSA) is 9.23 Å². The minimum Gasteiger partial charge on any atom is -0.495 e. The van der Waals surface area contributed by atoms with Crippen LogP contribution in [0, 0.1) is 0 Å². The van der Waals surface area contributed by atoms with E-state index in [9.17, 15) is 3.89 Å². The Hall–Kier alpha value is -0.220. The van der Waals surface area contributed by atoms with Gasteiger partial charge in [0.15, 0.2) is 0 Å². The first kappa shape index (κ1) is 8.87. The van der Waals surface area contributed by atoms with Crippen molar-refractivity contribution in [1.82, 2.24) is 0 Å². The molecule has 0 aliphatic heterocycles. The van der Waals surface area contributed by atoms with Crippen LogP contribution in [0.1, 0.15) is 0 Å². The Morgan fingerprint density at radius 1 is 1.55 bits per heavy atom. The van der Waals surface area contributed by atoms with Gasteiger partial charge in [0.05, 0.1) is 24.2 Å². The SMILES string of the molecule is COc1ccc(Br)cc1SF. The van der Waals surface area contributed by atoms with Gasteiger partial charge in [0.1, 0.15) is 5.75 Å². The molecule has 60 valence electrons. The highest BCUT2D eigenvalue weighted by molar-refractivity contribution is 9.10. The van der Waals surface area contributed by atoms with Gasteiger partial charge < -0.3 is 4.74 Å². The molecule has 0 aliphatic carbocycles. The number of benzene rings is 1. The molecule has 0 atom stereocenters. The molecule has 0 saturated carbocycles. The van der Waals surface area contributed by atoms with Crippen molar-refractivity contribution < 1.29 is 8.62 Å². The van der Waals surface area contributed by atoms with E-state index in [1.54, 1.807) is 18.2 Å². The van der Waals surface area contributed by atoms with Crippen LogP contribution < -0.4 is 4.74 Å². The number of hydrogen-bond donors (Lipinski definition) is 0. The fourth-order valence-electron chi connectivity index (χ4n) is 0.711. The summed E-state index contributed by atoms with van der Waals surface area (Å²) in [4.78, 5) is 0.488. The van der Waals surface area contributed by atoms with E-state index in [0.29, 0.717) is 10.6 Å². The average Bonchev–Trinajstić information content (AvgIpc) is 2.04. The molecule has 0 amide bonds. The predicted molar refractivity (Wildman–Crippen MR) is 47.7 cm³/mol. The Labute approximate surface area is 77.4 Å². The Kier molecular flexibility index (Phi) is 3.20. The van der Waals surface area contributed by atoms with Crippen LogP contribution in [0.4, 0.5) is 3.89 Å². The zero-order valence-electron chi connectivity index (χ0n) is 5.80. The standard InChI is InChI=1S/C7H6BrFOS/c1-10-6-3-2-5(8)4-7(6)11-9/h2-4H,1H3. The average molecular weight is 237 g/mol. The molecular weight excluding hydrogens is 231 g/mol. The first-order valence-corrected chi connectivity index (χ1v) is 4.41. The summed E-state index contributed by atoms with van der Waals surface area (Å²) in [6, 6.07) is 5.19. The molecule has 0 unspecified atom stereocenters. The second kappa shape index (κ2) is 3.97. The fraction of sp³-hybridized carbons (Fsp3) is 0.143. The van der Waals surface area contributed by atoms with Crippen LogP contribution >= 0.6 is 28.1 Å². The molecule has 0 aromatic heterocycles. The van der Waals surface area contributed by atoms with Crippen LogP contribution in [0.2, 0.25) is 0 Å². The van der Waals surface area contributed by atoms with Crippen molar-refractivity contribution in [2.75, 3.05) is 7.11 Å². The molecule has 0 fully saturated rings. The van der Waals surface area contributed by atoms with Crippen LogP contribution in [0.3, 0.4) is 0 Å². The van der Waals surface area contributed by atoms with Gasteiger partial charge >= 0.3 is 0 Å². The van der Waals surface area contributed by atoms with E-state index in [2.05, 4.69) is 15.9 Å². The number of hydrogen-bond acceptors (Lipinski definition) is 2. The van der Waals surface area contributed by atoms with Gasteiger partial charge in [0, 0.05) is 4.47 Å². The molecule has 0 heterocycles. The van der Waals surface area contributed by atoms with Gasteiger partial charge in [-0.25, -0.2) is 0 Å². The molecule has 0 N–H and O–H groups in total. The third-order valence-corrected chi connectivity index (χ3v) is 2.19. The van der Waals surface area contributed by atoms with Gasteiger partial charge in [0.25, 0.3) is 0 Å². The molecule has 0 aliphatic rings. The van der Waals surface area contributed by atoms with Gasteiger partial charge in [-0.3, -0.25) is 0 Å². The summed E-state index contributed by atoms with van der Waals surface area (Å²) in [5.41, 5.74) is 0. The third kappa shape index (κ3) is 2.10. The largest absolute Gasteiger partial charge is 0.495 e. The lowest BCUT2D eigenvalue weighted by Gasteiger charge is -2.02. The predicted octanol–water partition coefficient (Wildman–Crippen LogP) is 3.43. The zero-order chi connectivity index (χ0) is 8.27. The van der Waals surface area contributed by atoms with Crippen LogP contribution in [-0.2, 0) is 0 Å². The molecule has 1 aromatic rings. The quantitative estimate of drug-likeness (QED) is 0.779. The van der Waals surface area contributed by atoms with Crippen molar-refractivity contribution >= 4 is 28.1 Å². The monoisotopic (exact) mass is 236 g/mol. The maximum Gasteiger partial charge on any atom is 0.135 e. The number of halogens is 2. The van der Waals surface area contributed by atoms with Crippen LogP contribution in [0.25, 0.3) is 0 Å². The van der Waals surface area contributed by atoms with Gasteiger partial charge in [-0.2, -0.15) is 3.89 Å². The first-order chi connectivity index (χ1) is 5.27. The van der Waals surface area contributed by atoms with Crippen molar-refractivity contribution in [3.63, 3.8) is 0 Å². The van der Waals surface area contributed by atoms with Crippen LogP contribution in [0.15, 0.2) is 27.6 Å². The van der Waals surface area contributed by atoms with Gasteiger partial charge in [-0.05, 0) is 18.2 Å². The molecule has 1 nitrogen and oxygen atoms in total. The van der Waals surface area contributed by atoms with Crippen molar-refractivity contribution in [1.29, 1.82) is 0 Å². The second-order valence-corrected chi connectivity index (χ2v) is 3.38. The fourth-order valence-corrected chi connectivity index (χ4v) is 1.62. The summed E-state index contributed by atoms with van der Waals surface area (Å²) < 4.78 is 17.9. The van der Waals surface area contributed by atoms with Crippen molar-refractivity contribution in [2.45, 2.75) is 4.90 Å². The van der Waals surface area contributed by atoms with E-state index in [1.807, 2.05) is 0 Å². The van der Waals surface area contributed by atoms with E-state index >= 15 is 0 Å². The highest BCUT2D eigenvalue weighted by atomic mass is 79.9. The minimum atomic E-state index is 0.179. The Morgan fingerprint density at radius 2 is 2.27 bits per heavy atom. The summed E-state index contributed by atoms with van der Waals surface area (Å²) in [7, 11) is 1.52. The Bertz CT molecular complexity index is 254. The number of methoxy groups -OCH3 is 1. The molecule has 0 spiro atoms. The van der Waals surface area contributed by atoms with Crippen molar-refractivity contribution in [2.24, 2.45) is 0 Å². The summed E-state index contributed by atoms with van der Waals surface area (Å²) in [5, 5.41) is 0. The molecule has 0 bridgehead atoms.